The Labute approximate surface area is 170 Å². The van der Waals surface area contributed by atoms with Crippen molar-refractivity contribution in [1.29, 1.82) is 0 Å². The summed E-state index contributed by atoms with van der Waals surface area (Å²) in [6.07, 6.45) is -7.87. The average molecular weight is 450 g/mol. The molecule has 0 unspecified atom stereocenters. The minimum atomic E-state index is -4.40. The van der Waals surface area contributed by atoms with E-state index in [0.29, 0.717) is 0 Å². The Hall–Kier alpha value is -1.74. The maximum Gasteiger partial charge on any atom is 0.340 e. The third kappa shape index (κ3) is 6.63. The molecule has 1 aromatic carbocycles. The van der Waals surface area contributed by atoms with Crippen molar-refractivity contribution in [3.05, 3.63) is 23.3 Å². The van der Waals surface area contributed by atoms with E-state index in [1.165, 1.54) is 12.1 Å². The zero-order valence-electron chi connectivity index (χ0n) is 17.6. The Morgan fingerprint density at radius 2 is 0.900 bits per heavy atom. The summed E-state index contributed by atoms with van der Waals surface area (Å²) in [6.45, 7) is 6.69. The Bertz CT molecular complexity index is 657. The van der Waals surface area contributed by atoms with Crippen molar-refractivity contribution in [3.8, 4) is 11.5 Å². The van der Waals surface area contributed by atoms with Crippen LogP contribution in [0.4, 0.5) is 35.1 Å². The van der Waals surface area contributed by atoms with Crippen molar-refractivity contribution in [2.24, 2.45) is 0 Å². The molecule has 0 aliphatic rings. The minimum absolute atomic E-state index is 0.152. The molecule has 0 aromatic heterocycles. The topological polar surface area (TPSA) is 18.5 Å². The van der Waals surface area contributed by atoms with E-state index in [-0.39, 0.29) is 22.6 Å². The van der Waals surface area contributed by atoms with E-state index in [4.69, 9.17) is 9.47 Å². The molecule has 0 bridgehead atoms. The smallest absolute Gasteiger partial charge is 0.340 e. The molecule has 0 aliphatic carbocycles. The second kappa shape index (κ2) is 8.78. The van der Waals surface area contributed by atoms with Gasteiger partial charge in [0.15, 0.2) is 13.2 Å². The van der Waals surface area contributed by atoms with Crippen LogP contribution in [0, 0.1) is 0 Å². The SMILES string of the molecule is CC(C)(C)c1cc(OCC(F)(F)C(F)F)c(C(C)(C)C)cc1OCC(F)(F)C(F)F. The van der Waals surface area contributed by atoms with Crippen molar-refractivity contribution in [3.63, 3.8) is 0 Å². The summed E-state index contributed by atoms with van der Waals surface area (Å²) in [5.74, 6) is -9.10. The van der Waals surface area contributed by atoms with E-state index in [2.05, 4.69) is 0 Å². The predicted octanol–water partition coefficient (Wildman–Crippen LogP) is 6.84. The van der Waals surface area contributed by atoms with Crippen LogP contribution in [-0.4, -0.2) is 37.9 Å². The molecule has 174 valence electrons. The first-order chi connectivity index (χ1) is 13.3. The summed E-state index contributed by atoms with van der Waals surface area (Å²) in [5, 5.41) is 0. The molecule has 0 radical (unpaired) electrons. The highest BCUT2D eigenvalue weighted by molar-refractivity contribution is 5.51. The molecule has 30 heavy (non-hydrogen) atoms. The van der Waals surface area contributed by atoms with E-state index in [1.807, 2.05) is 0 Å². The zero-order valence-corrected chi connectivity index (χ0v) is 17.6. The molecular weight excluding hydrogens is 424 g/mol. The van der Waals surface area contributed by atoms with Crippen LogP contribution in [0.25, 0.3) is 0 Å². The average Bonchev–Trinajstić information content (AvgIpc) is 2.56. The fraction of sp³-hybridized carbons (Fsp3) is 0.700. The summed E-state index contributed by atoms with van der Waals surface area (Å²) in [6, 6.07) is 2.47. The maximum absolute atomic E-state index is 13.3. The largest absolute Gasteiger partial charge is 0.487 e. The molecule has 0 aliphatic heterocycles. The van der Waals surface area contributed by atoms with Gasteiger partial charge in [-0.3, -0.25) is 0 Å². The zero-order chi connectivity index (χ0) is 23.7. The fourth-order valence-electron chi connectivity index (χ4n) is 2.44. The minimum Gasteiger partial charge on any atom is -0.487 e. The second-order valence-electron chi connectivity index (χ2n) is 9.05. The van der Waals surface area contributed by atoms with Gasteiger partial charge in [-0.25, -0.2) is 17.6 Å². The molecule has 0 spiro atoms. The highest BCUT2D eigenvalue weighted by Crippen LogP contribution is 2.42. The van der Waals surface area contributed by atoms with Gasteiger partial charge in [-0.05, 0) is 23.0 Å². The Morgan fingerprint density at radius 3 is 1.10 bits per heavy atom. The van der Waals surface area contributed by atoms with Gasteiger partial charge >= 0.3 is 24.7 Å². The van der Waals surface area contributed by atoms with E-state index >= 15 is 0 Å². The van der Waals surface area contributed by atoms with E-state index in [1.54, 1.807) is 41.5 Å². The van der Waals surface area contributed by atoms with Gasteiger partial charge in [-0.1, -0.05) is 41.5 Å². The van der Waals surface area contributed by atoms with Crippen LogP contribution in [0.15, 0.2) is 12.1 Å². The molecule has 0 amide bonds. The monoisotopic (exact) mass is 450 g/mol. The van der Waals surface area contributed by atoms with E-state index < -0.39 is 48.7 Å². The Morgan fingerprint density at radius 1 is 0.633 bits per heavy atom. The van der Waals surface area contributed by atoms with Gasteiger partial charge in [0, 0.05) is 11.1 Å². The lowest BCUT2D eigenvalue weighted by Crippen LogP contribution is -2.35. The van der Waals surface area contributed by atoms with Gasteiger partial charge in [0.05, 0.1) is 0 Å². The molecule has 1 rings (SSSR count). The van der Waals surface area contributed by atoms with E-state index in [9.17, 15) is 35.1 Å². The van der Waals surface area contributed by atoms with Crippen LogP contribution < -0.4 is 9.47 Å². The molecule has 0 fully saturated rings. The molecule has 0 heterocycles. The van der Waals surface area contributed by atoms with Gasteiger partial charge in [0.25, 0.3) is 0 Å². The highest BCUT2D eigenvalue weighted by Gasteiger charge is 2.43. The number of hydrogen-bond acceptors (Lipinski definition) is 2. The van der Waals surface area contributed by atoms with Gasteiger partial charge < -0.3 is 9.47 Å². The number of ether oxygens (including phenoxy) is 2. The lowest BCUT2D eigenvalue weighted by molar-refractivity contribution is -0.148. The molecule has 0 saturated heterocycles. The van der Waals surface area contributed by atoms with Crippen molar-refractivity contribution in [1.82, 2.24) is 0 Å². The highest BCUT2D eigenvalue weighted by atomic mass is 19.3. The first kappa shape index (κ1) is 26.3. The van der Waals surface area contributed by atoms with Crippen molar-refractivity contribution in [2.75, 3.05) is 13.2 Å². The third-order valence-electron chi connectivity index (χ3n) is 4.18. The molecule has 0 N–H and O–H groups in total. The van der Waals surface area contributed by atoms with Gasteiger partial charge in [-0.2, -0.15) is 17.6 Å². The van der Waals surface area contributed by atoms with Crippen LogP contribution in [0.5, 0.6) is 11.5 Å². The first-order valence-electron chi connectivity index (χ1n) is 9.05. The van der Waals surface area contributed by atoms with Crippen molar-refractivity contribution < 1.29 is 44.6 Å². The Balaban J connectivity index is 3.46. The Kier molecular flexibility index (Phi) is 7.70. The summed E-state index contributed by atoms with van der Waals surface area (Å²) in [4.78, 5) is 0. The number of halogens is 8. The molecule has 10 heteroatoms. The maximum atomic E-state index is 13.3. The van der Waals surface area contributed by atoms with Crippen LogP contribution >= 0.6 is 0 Å². The standard InChI is InChI=1S/C20H26F8O2/c1-17(2,3)11-7-14(30-10-20(27,28)16(23)24)12(18(4,5)6)8-13(11)29-9-19(25,26)15(21)22/h7-8,15-16H,9-10H2,1-6H3. The number of hydrogen-bond donors (Lipinski definition) is 0. The van der Waals surface area contributed by atoms with Crippen LogP contribution in [0.2, 0.25) is 0 Å². The first-order valence-corrected chi connectivity index (χ1v) is 9.05. The number of benzene rings is 1. The van der Waals surface area contributed by atoms with Gasteiger partial charge in [0.1, 0.15) is 11.5 Å². The summed E-state index contributed by atoms with van der Waals surface area (Å²) >= 11 is 0. The fourth-order valence-corrected chi connectivity index (χ4v) is 2.44. The van der Waals surface area contributed by atoms with E-state index in [0.717, 1.165) is 0 Å². The van der Waals surface area contributed by atoms with Crippen LogP contribution in [-0.2, 0) is 10.8 Å². The van der Waals surface area contributed by atoms with Crippen LogP contribution in [0.3, 0.4) is 0 Å². The predicted molar refractivity (Wildman–Crippen MR) is 96.7 cm³/mol. The lowest BCUT2D eigenvalue weighted by atomic mass is 9.81. The molecule has 0 atom stereocenters. The summed E-state index contributed by atoms with van der Waals surface area (Å²) in [5.41, 5.74) is -1.18. The normalized spacial score (nSPS) is 13.9. The summed E-state index contributed by atoms with van der Waals surface area (Å²) < 4.78 is 113. The second-order valence-corrected chi connectivity index (χ2v) is 9.05. The number of alkyl halides is 8. The quantitative estimate of drug-likeness (QED) is 0.404. The molecule has 2 nitrogen and oxygen atoms in total. The van der Waals surface area contributed by atoms with Crippen LogP contribution in [0.1, 0.15) is 52.7 Å². The van der Waals surface area contributed by atoms with Gasteiger partial charge in [-0.15, -0.1) is 0 Å². The summed E-state index contributed by atoms with van der Waals surface area (Å²) in [7, 11) is 0. The molecule has 1 aromatic rings. The molecular formula is C20H26F8O2. The third-order valence-corrected chi connectivity index (χ3v) is 4.18. The van der Waals surface area contributed by atoms with Gasteiger partial charge in [0.2, 0.25) is 0 Å². The van der Waals surface area contributed by atoms with Crippen molar-refractivity contribution >= 4 is 0 Å². The molecule has 0 saturated carbocycles. The lowest BCUT2D eigenvalue weighted by Gasteiger charge is -2.30. The number of rotatable bonds is 8. The van der Waals surface area contributed by atoms with Crippen molar-refractivity contribution in [2.45, 2.75) is 77.1 Å².